The number of hydrogen-bond donors (Lipinski definition) is 1. The average Bonchev–Trinajstić information content (AvgIpc) is 3.21. The Balaban J connectivity index is 1.71. The zero-order chi connectivity index (χ0) is 16.7. The summed E-state index contributed by atoms with van der Waals surface area (Å²) in [7, 11) is 0. The van der Waals surface area contributed by atoms with Crippen LogP contribution in [0.5, 0.6) is 0 Å². The first-order valence-corrected chi connectivity index (χ1v) is 9.68. The first kappa shape index (κ1) is 15.5. The van der Waals surface area contributed by atoms with E-state index in [1.807, 2.05) is 24.4 Å². The second-order valence-electron chi connectivity index (χ2n) is 5.94. The average molecular weight is 359 g/mol. The monoisotopic (exact) mass is 359 g/mol. The molecule has 0 radical (unpaired) electrons. The molecule has 0 fully saturated rings. The van der Waals surface area contributed by atoms with Gasteiger partial charge in [0.25, 0.3) is 11.5 Å². The zero-order valence-electron chi connectivity index (χ0n) is 13.3. The summed E-state index contributed by atoms with van der Waals surface area (Å²) < 4.78 is 1.78. The summed E-state index contributed by atoms with van der Waals surface area (Å²) in [5.41, 5.74) is 0.748. The minimum absolute atomic E-state index is 0.000701. The SMILES string of the molecule is Cc1c(C(=O)NCc2cccs2)sc2nc3n(c(=O)c12)CCCC3. The Morgan fingerprint density at radius 2 is 2.29 bits per heavy atom. The Labute approximate surface area is 147 Å². The third-order valence-electron chi connectivity index (χ3n) is 4.37. The fourth-order valence-electron chi connectivity index (χ4n) is 3.11. The van der Waals surface area contributed by atoms with Crippen molar-refractivity contribution < 1.29 is 4.79 Å². The molecule has 1 N–H and O–H groups in total. The lowest BCUT2D eigenvalue weighted by Gasteiger charge is -2.16. The molecule has 7 heteroatoms. The Morgan fingerprint density at radius 1 is 1.42 bits per heavy atom. The smallest absolute Gasteiger partial charge is 0.262 e. The number of hydrogen-bond acceptors (Lipinski definition) is 5. The molecule has 0 saturated carbocycles. The van der Waals surface area contributed by atoms with Gasteiger partial charge in [-0.15, -0.1) is 22.7 Å². The molecule has 0 spiro atoms. The molecule has 1 aliphatic heterocycles. The summed E-state index contributed by atoms with van der Waals surface area (Å²) in [6, 6.07) is 3.96. The van der Waals surface area contributed by atoms with E-state index in [0.29, 0.717) is 21.6 Å². The van der Waals surface area contributed by atoms with Gasteiger partial charge in [0.1, 0.15) is 10.7 Å². The maximum absolute atomic E-state index is 12.8. The van der Waals surface area contributed by atoms with Gasteiger partial charge in [-0.1, -0.05) is 6.07 Å². The van der Waals surface area contributed by atoms with Crippen molar-refractivity contribution in [3.05, 3.63) is 49.0 Å². The van der Waals surface area contributed by atoms with Crippen LogP contribution in [0.15, 0.2) is 22.3 Å². The van der Waals surface area contributed by atoms with Crippen LogP contribution in [-0.4, -0.2) is 15.5 Å². The maximum Gasteiger partial charge on any atom is 0.262 e. The number of thiophene rings is 2. The summed E-state index contributed by atoms with van der Waals surface area (Å²) >= 11 is 2.93. The molecular formula is C17H17N3O2S2. The molecule has 4 heterocycles. The molecule has 0 bridgehead atoms. The highest BCUT2D eigenvalue weighted by molar-refractivity contribution is 7.20. The lowest BCUT2D eigenvalue weighted by Crippen LogP contribution is -2.28. The van der Waals surface area contributed by atoms with Gasteiger partial charge in [0.15, 0.2) is 0 Å². The van der Waals surface area contributed by atoms with Gasteiger partial charge < -0.3 is 5.32 Å². The van der Waals surface area contributed by atoms with E-state index in [4.69, 9.17) is 0 Å². The van der Waals surface area contributed by atoms with E-state index in [2.05, 4.69) is 10.3 Å². The molecule has 24 heavy (non-hydrogen) atoms. The van der Waals surface area contributed by atoms with Gasteiger partial charge in [0.05, 0.1) is 16.8 Å². The number of nitrogens with one attached hydrogen (secondary N) is 1. The fourth-order valence-corrected chi connectivity index (χ4v) is 4.86. The number of rotatable bonds is 3. The van der Waals surface area contributed by atoms with Crippen LogP contribution in [0.25, 0.3) is 10.2 Å². The number of aryl methyl sites for hydroxylation is 2. The molecule has 4 rings (SSSR count). The molecule has 124 valence electrons. The molecule has 5 nitrogen and oxygen atoms in total. The summed E-state index contributed by atoms with van der Waals surface area (Å²) in [6.45, 7) is 3.08. The van der Waals surface area contributed by atoms with Crippen molar-refractivity contribution in [2.75, 3.05) is 0 Å². The highest BCUT2D eigenvalue weighted by atomic mass is 32.1. The number of aromatic nitrogens is 2. The number of carbonyl (C=O) groups is 1. The van der Waals surface area contributed by atoms with E-state index in [1.54, 1.807) is 15.9 Å². The lowest BCUT2D eigenvalue weighted by atomic mass is 10.1. The summed E-state index contributed by atoms with van der Waals surface area (Å²) in [4.78, 5) is 32.3. The van der Waals surface area contributed by atoms with E-state index in [1.165, 1.54) is 11.3 Å². The Bertz CT molecular complexity index is 970. The second-order valence-corrected chi connectivity index (χ2v) is 7.97. The Hall–Kier alpha value is -1.99. The summed E-state index contributed by atoms with van der Waals surface area (Å²) in [5.74, 6) is 0.719. The van der Waals surface area contributed by atoms with Crippen molar-refractivity contribution in [2.45, 2.75) is 39.3 Å². The normalized spacial score (nSPS) is 13.9. The van der Waals surface area contributed by atoms with Crippen molar-refractivity contribution in [3.8, 4) is 0 Å². The molecule has 0 saturated heterocycles. The van der Waals surface area contributed by atoms with E-state index < -0.39 is 0 Å². The molecule has 0 aliphatic carbocycles. The number of carbonyl (C=O) groups excluding carboxylic acids is 1. The number of nitrogens with zero attached hydrogens (tertiary/aromatic N) is 2. The van der Waals surface area contributed by atoms with Crippen LogP contribution in [0.1, 0.15) is 38.8 Å². The van der Waals surface area contributed by atoms with Gasteiger partial charge in [0, 0.05) is 17.8 Å². The summed E-state index contributed by atoms with van der Waals surface area (Å²) in [5, 5.41) is 5.53. The highest BCUT2D eigenvalue weighted by Crippen LogP contribution is 2.28. The van der Waals surface area contributed by atoms with Crippen LogP contribution >= 0.6 is 22.7 Å². The largest absolute Gasteiger partial charge is 0.346 e. The molecular weight excluding hydrogens is 342 g/mol. The molecule has 3 aromatic rings. The van der Waals surface area contributed by atoms with Crippen LogP contribution in [0.3, 0.4) is 0 Å². The van der Waals surface area contributed by atoms with Gasteiger partial charge in [-0.05, 0) is 36.8 Å². The van der Waals surface area contributed by atoms with E-state index >= 15 is 0 Å². The zero-order valence-corrected chi connectivity index (χ0v) is 14.9. The summed E-state index contributed by atoms with van der Waals surface area (Å²) in [6.07, 6.45) is 2.91. The first-order chi connectivity index (χ1) is 11.6. The van der Waals surface area contributed by atoms with Crippen LogP contribution in [0, 0.1) is 6.92 Å². The number of fused-ring (bicyclic) bond motifs is 2. The predicted molar refractivity (Wildman–Crippen MR) is 97.0 cm³/mol. The standard InChI is InChI=1S/C17H17N3O2S2/c1-10-13-16(19-12-6-2-3-7-20(12)17(13)22)24-14(10)15(21)18-9-11-5-4-8-23-11/h4-5,8H,2-3,6-7,9H2,1H3,(H,18,21). The van der Waals surface area contributed by atoms with Gasteiger partial charge in [0.2, 0.25) is 0 Å². The highest BCUT2D eigenvalue weighted by Gasteiger charge is 2.22. The number of amides is 1. The minimum atomic E-state index is -0.133. The quantitative estimate of drug-likeness (QED) is 0.781. The van der Waals surface area contributed by atoms with Crippen molar-refractivity contribution in [1.29, 1.82) is 0 Å². The third kappa shape index (κ3) is 2.57. The van der Waals surface area contributed by atoms with Gasteiger partial charge in [-0.3, -0.25) is 14.2 Å². The molecule has 1 amide bonds. The van der Waals surface area contributed by atoms with Gasteiger partial charge in [-0.25, -0.2) is 4.98 Å². The van der Waals surface area contributed by atoms with E-state index in [-0.39, 0.29) is 11.5 Å². The second kappa shape index (κ2) is 6.14. The van der Waals surface area contributed by atoms with Crippen LogP contribution in [0.2, 0.25) is 0 Å². The fraction of sp³-hybridized carbons (Fsp3) is 0.353. The molecule has 0 atom stereocenters. The van der Waals surface area contributed by atoms with Crippen molar-refractivity contribution >= 4 is 38.8 Å². The molecule has 0 aromatic carbocycles. The van der Waals surface area contributed by atoms with Crippen LogP contribution in [-0.2, 0) is 19.5 Å². The maximum atomic E-state index is 12.8. The van der Waals surface area contributed by atoms with Crippen molar-refractivity contribution in [3.63, 3.8) is 0 Å². The Kier molecular flexibility index (Phi) is 3.97. The third-order valence-corrected chi connectivity index (χ3v) is 6.43. The first-order valence-electron chi connectivity index (χ1n) is 7.98. The molecule has 0 unspecified atom stereocenters. The predicted octanol–water partition coefficient (Wildman–Crippen LogP) is 3.09. The van der Waals surface area contributed by atoms with E-state index in [0.717, 1.165) is 42.1 Å². The van der Waals surface area contributed by atoms with Gasteiger partial charge in [-0.2, -0.15) is 0 Å². The van der Waals surface area contributed by atoms with Crippen molar-refractivity contribution in [1.82, 2.24) is 14.9 Å². The minimum Gasteiger partial charge on any atom is -0.346 e. The Morgan fingerprint density at radius 3 is 3.08 bits per heavy atom. The van der Waals surface area contributed by atoms with Gasteiger partial charge >= 0.3 is 0 Å². The lowest BCUT2D eigenvalue weighted by molar-refractivity contribution is 0.0955. The molecule has 3 aromatic heterocycles. The van der Waals surface area contributed by atoms with Crippen LogP contribution in [0.4, 0.5) is 0 Å². The topological polar surface area (TPSA) is 64.0 Å². The van der Waals surface area contributed by atoms with Crippen LogP contribution < -0.4 is 10.9 Å². The van der Waals surface area contributed by atoms with E-state index in [9.17, 15) is 9.59 Å². The van der Waals surface area contributed by atoms with Crippen molar-refractivity contribution in [2.24, 2.45) is 0 Å². The molecule has 1 aliphatic rings.